The van der Waals surface area contributed by atoms with Crippen LogP contribution in [0.5, 0.6) is 0 Å². The number of aryl methyl sites for hydroxylation is 1. The summed E-state index contributed by atoms with van der Waals surface area (Å²) in [6, 6.07) is 0. The molecule has 82 valence electrons. The highest BCUT2D eigenvalue weighted by Crippen LogP contribution is 2.23. The molecule has 15 heavy (non-hydrogen) atoms. The molecule has 0 spiro atoms. The number of aromatic amines is 1. The molecule has 0 amide bonds. The molecule has 1 fully saturated rings. The minimum absolute atomic E-state index is 0.156. The molecular weight excluding hydrogens is 194 g/mol. The molecule has 1 aliphatic rings. The van der Waals surface area contributed by atoms with Gasteiger partial charge in [0.25, 0.3) is 0 Å². The van der Waals surface area contributed by atoms with Crippen LogP contribution >= 0.6 is 0 Å². The highest BCUT2D eigenvalue weighted by molar-refractivity contribution is 5.86. The molecule has 5 heteroatoms. The van der Waals surface area contributed by atoms with Crippen LogP contribution in [0, 0.1) is 6.92 Å². The Bertz CT molecular complexity index is 367. The summed E-state index contributed by atoms with van der Waals surface area (Å²) >= 11 is 0. The zero-order valence-corrected chi connectivity index (χ0v) is 8.71. The first kappa shape index (κ1) is 10.2. The van der Waals surface area contributed by atoms with Gasteiger partial charge in [0, 0.05) is 11.6 Å². The monoisotopic (exact) mass is 209 g/mol. The Balaban J connectivity index is 2.21. The fourth-order valence-corrected chi connectivity index (χ4v) is 1.98. The average Bonchev–Trinajstić information content (AvgIpc) is 2.62. The number of nitrogens with one attached hydrogen (secondary N) is 2. The van der Waals surface area contributed by atoms with E-state index in [1.807, 2.05) is 0 Å². The first-order valence-electron chi connectivity index (χ1n) is 5.19. The minimum Gasteiger partial charge on any atom is -0.476 e. The lowest BCUT2D eigenvalue weighted by molar-refractivity contribution is 0.0690. The number of carboxylic acid groups (broad SMARTS) is 1. The predicted molar refractivity (Wildman–Crippen MR) is 55.1 cm³/mol. The lowest BCUT2D eigenvalue weighted by atomic mass is 9.98. The summed E-state index contributed by atoms with van der Waals surface area (Å²) in [4.78, 5) is 18.0. The Kier molecular flexibility index (Phi) is 2.73. The standard InChI is InChI=1S/C10H15N3O2/c1-6-8(10(14)15)13-9(12-6)7-2-4-11-5-3-7/h7,11H,2-5H2,1H3,(H,12,13)(H,14,15). The van der Waals surface area contributed by atoms with Gasteiger partial charge in [0.15, 0.2) is 5.69 Å². The van der Waals surface area contributed by atoms with E-state index in [0.29, 0.717) is 11.6 Å². The van der Waals surface area contributed by atoms with E-state index in [1.54, 1.807) is 6.92 Å². The lowest BCUT2D eigenvalue weighted by Crippen LogP contribution is -2.27. The number of piperidine rings is 1. The van der Waals surface area contributed by atoms with E-state index in [0.717, 1.165) is 31.8 Å². The normalized spacial score (nSPS) is 17.9. The van der Waals surface area contributed by atoms with Crippen molar-refractivity contribution in [3.05, 3.63) is 17.2 Å². The number of hydrogen-bond acceptors (Lipinski definition) is 3. The predicted octanol–water partition coefficient (Wildman–Crippen LogP) is 0.883. The summed E-state index contributed by atoms with van der Waals surface area (Å²) in [7, 11) is 0. The summed E-state index contributed by atoms with van der Waals surface area (Å²) in [5, 5.41) is 12.2. The molecule has 0 saturated carbocycles. The van der Waals surface area contributed by atoms with Crippen LogP contribution in [0.3, 0.4) is 0 Å². The third-order valence-corrected chi connectivity index (χ3v) is 2.83. The molecule has 2 rings (SSSR count). The van der Waals surface area contributed by atoms with Crippen molar-refractivity contribution >= 4 is 5.97 Å². The first-order chi connectivity index (χ1) is 7.18. The number of carboxylic acids is 1. The van der Waals surface area contributed by atoms with E-state index in [9.17, 15) is 4.79 Å². The minimum atomic E-state index is -0.955. The second kappa shape index (κ2) is 4.02. The number of hydrogen-bond donors (Lipinski definition) is 3. The number of carbonyl (C=O) groups is 1. The summed E-state index contributed by atoms with van der Waals surface area (Å²) in [6.45, 7) is 3.71. The zero-order valence-electron chi connectivity index (χ0n) is 8.71. The lowest BCUT2D eigenvalue weighted by Gasteiger charge is -2.20. The van der Waals surface area contributed by atoms with Gasteiger partial charge in [-0.05, 0) is 32.9 Å². The number of aromatic carboxylic acids is 1. The van der Waals surface area contributed by atoms with Gasteiger partial charge in [0.2, 0.25) is 0 Å². The van der Waals surface area contributed by atoms with Crippen molar-refractivity contribution < 1.29 is 9.90 Å². The molecule has 0 aromatic carbocycles. The van der Waals surface area contributed by atoms with Gasteiger partial charge in [-0.15, -0.1) is 0 Å². The molecule has 1 aromatic heterocycles. The second-order valence-corrected chi connectivity index (χ2v) is 3.93. The van der Waals surface area contributed by atoms with Crippen molar-refractivity contribution in [3.8, 4) is 0 Å². The van der Waals surface area contributed by atoms with Crippen molar-refractivity contribution in [3.63, 3.8) is 0 Å². The molecule has 0 radical (unpaired) electrons. The van der Waals surface area contributed by atoms with Crippen molar-refractivity contribution in [2.45, 2.75) is 25.7 Å². The molecule has 1 aromatic rings. The third kappa shape index (κ3) is 2.02. The van der Waals surface area contributed by atoms with E-state index in [1.165, 1.54) is 0 Å². The van der Waals surface area contributed by atoms with Crippen molar-refractivity contribution in [1.29, 1.82) is 0 Å². The maximum Gasteiger partial charge on any atom is 0.356 e. The molecule has 1 saturated heterocycles. The zero-order chi connectivity index (χ0) is 10.8. The molecular formula is C10H15N3O2. The van der Waals surface area contributed by atoms with Crippen LogP contribution in [0.15, 0.2) is 0 Å². The van der Waals surface area contributed by atoms with Crippen LogP contribution in [0.4, 0.5) is 0 Å². The molecule has 3 N–H and O–H groups in total. The van der Waals surface area contributed by atoms with Crippen LogP contribution < -0.4 is 5.32 Å². The number of nitrogens with zero attached hydrogens (tertiary/aromatic N) is 1. The van der Waals surface area contributed by atoms with E-state index >= 15 is 0 Å². The van der Waals surface area contributed by atoms with Crippen LogP contribution in [0.25, 0.3) is 0 Å². The third-order valence-electron chi connectivity index (χ3n) is 2.83. The number of rotatable bonds is 2. The van der Waals surface area contributed by atoms with Gasteiger partial charge < -0.3 is 15.4 Å². The largest absolute Gasteiger partial charge is 0.476 e. The highest BCUT2D eigenvalue weighted by atomic mass is 16.4. The topological polar surface area (TPSA) is 78.0 Å². The van der Waals surface area contributed by atoms with E-state index < -0.39 is 5.97 Å². The Morgan fingerprint density at radius 3 is 2.67 bits per heavy atom. The van der Waals surface area contributed by atoms with Crippen molar-refractivity contribution in [1.82, 2.24) is 15.3 Å². The molecule has 2 heterocycles. The van der Waals surface area contributed by atoms with Gasteiger partial charge in [-0.3, -0.25) is 0 Å². The van der Waals surface area contributed by atoms with Crippen LogP contribution in [-0.2, 0) is 0 Å². The SMILES string of the molecule is Cc1[nH]c(C2CCNCC2)nc1C(=O)O. The van der Waals surface area contributed by atoms with Gasteiger partial charge in [0.05, 0.1) is 0 Å². The van der Waals surface area contributed by atoms with Crippen LogP contribution in [0.2, 0.25) is 0 Å². The fourth-order valence-electron chi connectivity index (χ4n) is 1.98. The quantitative estimate of drug-likeness (QED) is 0.675. The Morgan fingerprint density at radius 2 is 2.13 bits per heavy atom. The number of imidazole rings is 1. The summed E-state index contributed by atoms with van der Waals surface area (Å²) in [5.74, 6) is 0.244. The maximum atomic E-state index is 10.8. The molecule has 1 aliphatic heterocycles. The molecule has 5 nitrogen and oxygen atoms in total. The fraction of sp³-hybridized carbons (Fsp3) is 0.600. The maximum absolute atomic E-state index is 10.8. The van der Waals surface area contributed by atoms with Gasteiger partial charge in [-0.25, -0.2) is 9.78 Å². The average molecular weight is 209 g/mol. The van der Waals surface area contributed by atoms with E-state index in [4.69, 9.17) is 5.11 Å². The van der Waals surface area contributed by atoms with E-state index in [-0.39, 0.29) is 5.69 Å². The molecule has 0 bridgehead atoms. The van der Waals surface area contributed by atoms with Gasteiger partial charge in [0.1, 0.15) is 5.82 Å². The molecule has 0 aliphatic carbocycles. The number of H-pyrrole nitrogens is 1. The molecule has 0 atom stereocenters. The Hall–Kier alpha value is -1.36. The highest BCUT2D eigenvalue weighted by Gasteiger charge is 2.21. The Morgan fingerprint density at radius 1 is 1.47 bits per heavy atom. The number of aromatic nitrogens is 2. The van der Waals surface area contributed by atoms with Crippen molar-refractivity contribution in [2.24, 2.45) is 0 Å². The summed E-state index contributed by atoms with van der Waals surface area (Å²) < 4.78 is 0. The van der Waals surface area contributed by atoms with Gasteiger partial charge >= 0.3 is 5.97 Å². The molecule has 0 unspecified atom stereocenters. The summed E-state index contributed by atoms with van der Waals surface area (Å²) in [6.07, 6.45) is 2.04. The van der Waals surface area contributed by atoms with E-state index in [2.05, 4.69) is 15.3 Å². The second-order valence-electron chi connectivity index (χ2n) is 3.93. The first-order valence-corrected chi connectivity index (χ1v) is 5.19. The van der Waals surface area contributed by atoms with Crippen molar-refractivity contribution in [2.75, 3.05) is 13.1 Å². The summed E-state index contributed by atoms with van der Waals surface area (Å²) in [5.41, 5.74) is 0.805. The smallest absolute Gasteiger partial charge is 0.356 e. The van der Waals surface area contributed by atoms with Crippen LogP contribution in [-0.4, -0.2) is 34.1 Å². The Labute approximate surface area is 87.9 Å². The van der Waals surface area contributed by atoms with Crippen LogP contribution in [0.1, 0.15) is 40.8 Å². The van der Waals surface area contributed by atoms with Gasteiger partial charge in [-0.2, -0.15) is 0 Å². The van der Waals surface area contributed by atoms with Gasteiger partial charge in [-0.1, -0.05) is 0 Å².